The van der Waals surface area contributed by atoms with Gasteiger partial charge in [-0.2, -0.15) is 0 Å². The molecular formula is C21H23N3O4S. The van der Waals surface area contributed by atoms with Crippen LogP contribution in [0.5, 0.6) is 17.2 Å². The highest BCUT2D eigenvalue weighted by Crippen LogP contribution is 2.36. The van der Waals surface area contributed by atoms with E-state index in [-0.39, 0.29) is 5.91 Å². The number of carbonyl (C=O) groups is 1. The molecule has 1 aliphatic rings. The molecule has 0 saturated heterocycles. The summed E-state index contributed by atoms with van der Waals surface area (Å²) in [6, 6.07) is 12.1. The molecule has 1 aliphatic heterocycles. The maximum atomic E-state index is 13.2. The standard InChI is InChI=1S/C21H23N3O4S/c1-12-18(20(25)23-13-5-7-14(26-2)8-6-13)19(24-21(29)22-12)16-11-15(27-3)9-10-17(16)28-4/h5-11,18-19H,1-4H3,(H,23,25)(H,24,29). The normalized spacial score (nSPS) is 18.3. The van der Waals surface area contributed by atoms with Crippen molar-refractivity contribution >= 4 is 34.6 Å². The van der Waals surface area contributed by atoms with Crippen molar-refractivity contribution in [3.63, 3.8) is 0 Å². The molecule has 3 rings (SSSR count). The van der Waals surface area contributed by atoms with Gasteiger partial charge in [-0.3, -0.25) is 4.79 Å². The Labute approximate surface area is 175 Å². The Balaban J connectivity index is 1.96. The van der Waals surface area contributed by atoms with Crippen LogP contribution < -0.4 is 24.8 Å². The lowest BCUT2D eigenvalue weighted by atomic mass is 9.87. The highest BCUT2D eigenvalue weighted by Gasteiger charge is 2.37. The number of anilines is 1. The highest BCUT2D eigenvalue weighted by atomic mass is 32.1. The molecule has 0 fully saturated rings. The molecule has 7 nitrogen and oxygen atoms in total. The number of carbonyl (C=O) groups excluding carboxylic acids is 1. The second-order valence-electron chi connectivity index (χ2n) is 6.48. The van der Waals surface area contributed by atoms with E-state index in [4.69, 9.17) is 26.4 Å². The van der Waals surface area contributed by atoms with Crippen molar-refractivity contribution in [2.24, 2.45) is 10.9 Å². The fraction of sp³-hybridized carbons (Fsp3) is 0.286. The molecule has 0 aliphatic carbocycles. The van der Waals surface area contributed by atoms with Gasteiger partial charge in [0.2, 0.25) is 5.91 Å². The lowest BCUT2D eigenvalue weighted by Gasteiger charge is -2.32. The zero-order valence-corrected chi connectivity index (χ0v) is 17.5. The Morgan fingerprint density at radius 2 is 1.69 bits per heavy atom. The smallest absolute Gasteiger partial charge is 0.235 e. The summed E-state index contributed by atoms with van der Waals surface area (Å²) in [6.07, 6.45) is 0. The third-order valence-corrected chi connectivity index (χ3v) is 4.96. The minimum atomic E-state index is -0.593. The first kappa shape index (κ1) is 20.6. The summed E-state index contributed by atoms with van der Waals surface area (Å²) in [5.74, 6) is 1.20. The van der Waals surface area contributed by atoms with Gasteiger partial charge < -0.3 is 24.8 Å². The molecule has 0 bridgehead atoms. The van der Waals surface area contributed by atoms with Crippen molar-refractivity contribution in [2.45, 2.75) is 13.0 Å². The van der Waals surface area contributed by atoms with E-state index >= 15 is 0 Å². The molecule has 2 unspecified atom stereocenters. The van der Waals surface area contributed by atoms with E-state index in [1.54, 1.807) is 64.7 Å². The number of thiocarbonyl (C=S) groups is 1. The van der Waals surface area contributed by atoms with Gasteiger partial charge in [-0.1, -0.05) is 0 Å². The summed E-state index contributed by atoms with van der Waals surface area (Å²) in [5, 5.41) is 6.42. The largest absolute Gasteiger partial charge is 0.497 e. The number of amides is 1. The molecule has 8 heteroatoms. The highest BCUT2D eigenvalue weighted by molar-refractivity contribution is 7.80. The van der Waals surface area contributed by atoms with Gasteiger partial charge in [0.05, 0.1) is 27.4 Å². The Kier molecular flexibility index (Phi) is 6.33. The monoisotopic (exact) mass is 413 g/mol. The van der Waals surface area contributed by atoms with E-state index < -0.39 is 12.0 Å². The molecule has 2 atom stereocenters. The molecule has 0 aromatic heterocycles. The Morgan fingerprint density at radius 1 is 1.03 bits per heavy atom. The molecule has 152 valence electrons. The third kappa shape index (κ3) is 4.48. The second kappa shape index (κ2) is 8.91. The number of aliphatic imine (C=N–C) groups is 1. The molecular weight excluding hydrogens is 390 g/mol. The van der Waals surface area contributed by atoms with Crippen LogP contribution >= 0.6 is 12.2 Å². The van der Waals surface area contributed by atoms with Crippen LogP contribution in [0.3, 0.4) is 0 Å². The Bertz CT molecular complexity index is 943. The van der Waals surface area contributed by atoms with Crippen LogP contribution in [-0.4, -0.2) is 38.1 Å². The third-order valence-electron chi connectivity index (χ3n) is 4.75. The summed E-state index contributed by atoms with van der Waals surface area (Å²) >= 11 is 5.28. The SMILES string of the molecule is COc1ccc(NC(=O)C2C(C)=NC(=S)NC2c2cc(OC)ccc2OC)cc1. The zero-order valence-electron chi connectivity index (χ0n) is 16.7. The molecule has 0 saturated carbocycles. The van der Waals surface area contributed by atoms with Gasteiger partial charge >= 0.3 is 0 Å². The van der Waals surface area contributed by atoms with Crippen LogP contribution in [0.1, 0.15) is 18.5 Å². The van der Waals surface area contributed by atoms with Crippen molar-refractivity contribution in [2.75, 3.05) is 26.6 Å². The van der Waals surface area contributed by atoms with Crippen molar-refractivity contribution < 1.29 is 19.0 Å². The van der Waals surface area contributed by atoms with Crippen LogP contribution in [0.2, 0.25) is 0 Å². The fourth-order valence-corrected chi connectivity index (χ4v) is 3.57. The molecule has 1 amide bonds. The Hall–Kier alpha value is -3.13. The summed E-state index contributed by atoms with van der Waals surface area (Å²) in [5.41, 5.74) is 2.04. The van der Waals surface area contributed by atoms with Crippen molar-refractivity contribution in [3.05, 3.63) is 48.0 Å². The number of hydrogen-bond acceptors (Lipinski definition) is 5. The number of ether oxygens (including phenoxy) is 3. The van der Waals surface area contributed by atoms with Crippen molar-refractivity contribution in [1.29, 1.82) is 0 Å². The van der Waals surface area contributed by atoms with Crippen molar-refractivity contribution in [1.82, 2.24) is 5.32 Å². The lowest BCUT2D eigenvalue weighted by molar-refractivity contribution is -0.118. The van der Waals surface area contributed by atoms with E-state index in [0.717, 1.165) is 5.56 Å². The predicted octanol–water partition coefficient (Wildman–Crippen LogP) is 3.36. The topological polar surface area (TPSA) is 81.2 Å². The molecule has 1 heterocycles. The van der Waals surface area contributed by atoms with Gasteiger partial charge in [-0.25, -0.2) is 4.99 Å². The van der Waals surface area contributed by atoms with Crippen molar-refractivity contribution in [3.8, 4) is 17.2 Å². The molecule has 2 N–H and O–H groups in total. The summed E-state index contributed by atoms with van der Waals surface area (Å²) in [4.78, 5) is 17.5. The van der Waals surface area contributed by atoms with Gasteiger partial charge in [-0.05, 0) is 61.6 Å². The molecule has 2 aromatic rings. The summed E-state index contributed by atoms with van der Waals surface area (Å²) in [6.45, 7) is 1.80. The van der Waals surface area contributed by atoms with Gasteiger partial charge in [0.25, 0.3) is 0 Å². The first-order valence-corrected chi connectivity index (χ1v) is 9.40. The number of methoxy groups -OCH3 is 3. The van der Waals surface area contributed by atoms with Crippen LogP contribution in [0, 0.1) is 5.92 Å². The van der Waals surface area contributed by atoms with Crippen LogP contribution in [0.25, 0.3) is 0 Å². The first-order valence-electron chi connectivity index (χ1n) is 8.99. The number of benzene rings is 2. The van der Waals surface area contributed by atoms with E-state index in [9.17, 15) is 4.79 Å². The summed E-state index contributed by atoms with van der Waals surface area (Å²) in [7, 11) is 4.76. The van der Waals surface area contributed by atoms with Gasteiger partial charge in [0.1, 0.15) is 23.2 Å². The van der Waals surface area contributed by atoms with Gasteiger partial charge in [0, 0.05) is 17.0 Å². The number of nitrogens with one attached hydrogen (secondary N) is 2. The lowest BCUT2D eigenvalue weighted by Crippen LogP contribution is -2.45. The fourth-order valence-electron chi connectivity index (χ4n) is 3.29. The molecule has 29 heavy (non-hydrogen) atoms. The predicted molar refractivity (Wildman–Crippen MR) is 116 cm³/mol. The average Bonchev–Trinajstić information content (AvgIpc) is 2.73. The van der Waals surface area contributed by atoms with E-state index in [1.807, 2.05) is 6.07 Å². The molecule has 0 radical (unpaired) electrons. The molecule has 2 aromatic carbocycles. The minimum Gasteiger partial charge on any atom is -0.497 e. The van der Waals surface area contributed by atoms with Crippen LogP contribution in [0.15, 0.2) is 47.5 Å². The second-order valence-corrected chi connectivity index (χ2v) is 6.87. The zero-order chi connectivity index (χ0) is 21.0. The van der Waals surface area contributed by atoms with E-state index in [1.165, 1.54) is 0 Å². The minimum absolute atomic E-state index is 0.207. The van der Waals surface area contributed by atoms with Gasteiger partial charge in [-0.15, -0.1) is 0 Å². The first-order chi connectivity index (χ1) is 14.0. The van der Waals surface area contributed by atoms with Crippen LogP contribution in [-0.2, 0) is 4.79 Å². The number of rotatable bonds is 6. The van der Waals surface area contributed by atoms with Crippen LogP contribution in [0.4, 0.5) is 5.69 Å². The maximum Gasteiger partial charge on any atom is 0.235 e. The number of hydrogen-bond donors (Lipinski definition) is 2. The summed E-state index contributed by atoms with van der Waals surface area (Å²) < 4.78 is 16.0. The maximum absolute atomic E-state index is 13.2. The number of nitrogens with zero attached hydrogens (tertiary/aromatic N) is 1. The van der Waals surface area contributed by atoms with Gasteiger partial charge in [0.15, 0.2) is 5.11 Å². The average molecular weight is 413 g/mol. The Morgan fingerprint density at radius 3 is 2.31 bits per heavy atom. The molecule has 0 spiro atoms. The quantitative estimate of drug-likeness (QED) is 0.707. The van der Waals surface area contributed by atoms with E-state index in [2.05, 4.69) is 15.6 Å². The van der Waals surface area contributed by atoms with E-state index in [0.29, 0.717) is 33.8 Å².